The lowest BCUT2D eigenvalue weighted by molar-refractivity contribution is -0.138. The highest BCUT2D eigenvalue weighted by molar-refractivity contribution is 5.72. The number of nitrogens with two attached hydrogens (primary N) is 1. The van der Waals surface area contributed by atoms with Gasteiger partial charge in [-0.25, -0.2) is 4.79 Å². The second kappa shape index (κ2) is 9.11. The first-order valence-corrected chi connectivity index (χ1v) is 8.98. The number of alkyl carbamates (subject to hydrolysis) is 1. The number of fused-ring (bicyclic) bond motifs is 1. The summed E-state index contributed by atoms with van der Waals surface area (Å²) in [6, 6.07) is -0.812. The van der Waals surface area contributed by atoms with Crippen LogP contribution in [0.4, 0.5) is 4.79 Å². The van der Waals surface area contributed by atoms with Crippen molar-refractivity contribution in [2.75, 3.05) is 13.2 Å². The van der Waals surface area contributed by atoms with Crippen molar-refractivity contribution in [2.45, 2.75) is 63.8 Å². The molecule has 6 heteroatoms. The van der Waals surface area contributed by atoms with Gasteiger partial charge in [-0.3, -0.25) is 4.79 Å². The molecule has 0 saturated heterocycles. The first-order chi connectivity index (χ1) is 11.1. The largest absolute Gasteiger partial charge is 0.480 e. The number of hydrogen-bond donors (Lipinski definition) is 3. The van der Waals surface area contributed by atoms with Gasteiger partial charge in [0.25, 0.3) is 0 Å². The first-order valence-electron chi connectivity index (χ1n) is 8.98. The van der Waals surface area contributed by atoms with E-state index in [9.17, 15) is 9.59 Å². The van der Waals surface area contributed by atoms with Crippen molar-refractivity contribution in [3.05, 3.63) is 0 Å². The topological polar surface area (TPSA) is 102 Å². The molecule has 23 heavy (non-hydrogen) atoms. The number of hydrogen-bond acceptors (Lipinski definition) is 4. The van der Waals surface area contributed by atoms with Crippen LogP contribution in [0.3, 0.4) is 0 Å². The van der Waals surface area contributed by atoms with Gasteiger partial charge in [0.1, 0.15) is 6.04 Å². The lowest BCUT2D eigenvalue weighted by Gasteiger charge is -2.08. The molecule has 0 aliphatic heterocycles. The van der Waals surface area contributed by atoms with Crippen LogP contribution >= 0.6 is 0 Å². The van der Waals surface area contributed by atoms with E-state index in [2.05, 4.69) is 5.32 Å². The zero-order chi connectivity index (χ0) is 16.7. The summed E-state index contributed by atoms with van der Waals surface area (Å²) in [7, 11) is 0. The highest BCUT2D eigenvalue weighted by Crippen LogP contribution is 2.53. The van der Waals surface area contributed by atoms with Gasteiger partial charge in [-0.2, -0.15) is 0 Å². The Morgan fingerprint density at radius 1 is 1.13 bits per heavy atom. The van der Waals surface area contributed by atoms with Gasteiger partial charge < -0.3 is 20.9 Å². The molecule has 1 amide bonds. The van der Waals surface area contributed by atoms with Crippen LogP contribution in [0.2, 0.25) is 0 Å². The number of carboxylic acids is 1. The van der Waals surface area contributed by atoms with Crippen molar-refractivity contribution in [1.82, 2.24) is 5.32 Å². The number of rotatable bonds is 8. The number of carboxylic acid groups (broad SMARTS) is 1. The third-order valence-corrected chi connectivity index (χ3v) is 5.27. The van der Waals surface area contributed by atoms with Crippen LogP contribution < -0.4 is 11.1 Å². The van der Waals surface area contributed by atoms with E-state index in [1.807, 2.05) is 0 Å². The van der Waals surface area contributed by atoms with Gasteiger partial charge in [0.15, 0.2) is 0 Å². The average molecular weight is 326 g/mol. The Kier molecular flexibility index (Phi) is 7.15. The standard InChI is InChI=1S/C17H30N2O4/c18-15(16(20)21)9-5-6-10-19-17(22)23-11-14-12-7-3-1-2-4-8-13(12)14/h12-15H,1-11,18H2,(H,19,22)(H,20,21)/t12-,13+,14-,15-/m0/s1. The quantitative estimate of drug-likeness (QED) is 0.595. The summed E-state index contributed by atoms with van der Waals surface area (Å²) < 4.78 is 5.34. The van der Waals surface area contributed by atoms with E-state index in [1.165, 1.54) is 38.5 Å². The normalized spacial score (nSPS) is 28.0. The van der Waals surface area contributed by atoms with Crippen molar-refractivity contribution in [3.63, 3.8) is 0 Å². The summed E-state index contributed by atoms with van der Waals surface area (Å²) in [6.45, 7) is 1.05. The van der Waals surface area contributed by atoms with Gasteiger partial charge in [0, 0.05) is 6.54 Å². The van der Waals surface area contributed by atoms with Gasteiger partial charge in [-0.1, -0.05) is 25.7 Å². The van der Waals surface area contributed by atoms with E-state index in [0.29, 0.717) is 38.3 Å². The molecule has 0 unspecified atom stereocenters. The molecule has 0 aromatic rings. The molecule has 2 aliphatic carbocycles. The van der Waals surface area contributed by atoms with Gasteiger partial charge in [-0.05, 0) is 49.9 Å². The Morgan fingerprint density at radius 2 is 1.78 bits per heavy atom. The van der Waals surface area contributed by atoms with Crippen molar-refractivity contribution in [2.24, 2.45) is 23.5 Å². The molecular formula is C17H30N2O4. The summed E-state index contributed by atoms with van der Waals surface area (Å²) in [5.74, 6) is 1.16. The van der Waals surface area contributed by atoms with Gasteiger partial charge in [0.2, 0.25) is 0 Å². The van der Waals surface area contributed by atoms with Crippen molar-refractivity contribution < 1.29 is 19.4 Å². The van der Waals surface area contributed by atoms with Crippen LogP contribution in [0.1, 0.15) is 57.8 Å². The van der Waals surface area contributed by atoms with Crippen LogP contribution in [0.5, 0.6) is 0 Å². The molecule has 2 fully saturated rings. The monoisotopic (exact) mass is 326 g/mol. The maximum absolute atomic E-state index is 11.7. The Balaban J connectivity index is 1.50. The number of aliphatic carboxylic acids is 1. The summed E-state index contributed by atoms with van der Waals surface area (Å²) in [5.41, 5.74) is 5.41. The maximum atomic E-state index is 11.7. The van der Waals surface area contributed by atoms with Gasteiger partial charge in [-0.15, -0.1) is 0 Å². The molecule has 132 valence electrons. The van der Waals surface area contributed by atoms with Gasteiger partial charge >= 0.3 is 12.1 Å². The van der Waals surface area contributed by atoms with E-state index in [1.54, 1.807) is 0 Å². The van der Waals surface area contributed by atoms with E-state index in [4.69, 9.17) is 15.6 Å². The molecule has 0 aromatic carbocycles. The minimum Gasteiger partial charge on any atom is -0.480 e. The predicted molar refractivity (Wildman–Crippen MR) is 87.0 cm³/mol. The van der Waals surface area contributed by atoms with Crippen molar-refractivity contribution in [3.8, 4) is 0 Å². The SMILES string of the molecule is N[C@@H](CCCCNC(=O)OC[C@@H]1[C@@H]2CCCCCC[C@@H]21)C(=O)O. The summed E-state index contributed by atoms with van der Waals surface area (Å²) in [4.78, 5) is 22.2. The summed E-state index contributed by atoms with van der Waals surface area (Å²) in [5, 5.41) is 11.4. The number of carbonyl (C=O) groups excluding carboxylic acids is 1. The minimum atomic E-state index is -0.977. The van der Waals surface area contributed by atoms with Crippen LogP contribution in [-0.2, 0) is 9.53 Å². The fourth-order valence-electron chi connectivity index (χ4n) is 3.77. The molecule has 2 saturated carbocycles. The highest BCUT2D eigenvalue weighted by Gasteiger charge is 2.49. The molecule has 4 atom stereocenters. The lowest BCUT2D eigenvalue weighted by Crippen LogP contribution is -2.30. The molecule has 2 rings (SSSR count). The fraction of sp³-hybridized carbons (Fsp3) is 0.882. The molecule has 6 nitrogen and oxygen atoms in total. The van der Waals surface area contributed by atoms with Crippen molar-refractivity contribution in [1.29, 1.82) is 0 Å². The summed E-state index contributed by atoms with van der Waals surface area (Å²) >= 11 is 0. The molecule has 0 heterocycles. The highest BCUT2D eigenvalue weighted by atomic mass is 16.5. The number of carbonyl (C=O) groups is 2. The zero-order valence-electron chi connectivity index (χ0n) is 13.8. The number of unbranched alkanes of at least 4 members (excludes halogenated alkanes) is 1. The molecule has 0 spiro atoms. The molecule has 4 N–H and O–H groups in total. The molecule has 0 radical (unpaired) electrons. The second-order valence-electron chi connectivity index (χ2n) is 6.95. The van der Waals surface area contributed by atoms with Crippen LogP contribution in [0.25, 0.3) is 0 Å². The van der Waals surface area contributed by atoms with Gasteiger partial charge in [0.05, 0.1) is 6.61 Å². The number of nitrogens with one attached hydrogen (secondary N) is 1. The second-order valence-corrected chi connectivity index (χ2v) is 6.95. The molecule has 0 aromatic heterocycles. The Morgan fingerprint density at radius 3 is 2.39 bits per heavy atom. The lowest BCUT2D eigenvalue weighted by atomic mass is 10.0. The molecule has 0 bridgehead atoms. The Bertz CT molecular complexity index is 388. The first kappa shape index (κ1) is 18.0. The zero-order valence-corrected chi connectivity index (χ0v) is 13.8. The van der Waals surface area contributed by atoms with E-state index in [0.717, 1.165) is 11.8 Å². The van der Waals surface area contributed by atoms with Crippen LogP contribution in [-0.4, -0.2) is 36.4 Å². The molecule has 2 aliphatic rings. The minimum absolute atomic E-state index is 0.355. The summed E-state index contributed by atoms with van der Waals surface area (Å²) in [6.07, 6.45) is 9.40. The fourth-order valence-corrected chi connectivity index (χ4v) is 3.77. The van der Waals surface area contributed by atoms with Crippen LogP contribution in [0.15, 0.2) is 0 Å². The Hall–Kier alpha value is -1.30. The maximum Gasteiger partial charge on any atom is 0.407 e. The number of amides is 1. The third-order valence-electron chi connectivity index (χ3n) is 5.27. The predicted octanol–water partition coefficient (Wildman–Crippen LogP) is 2.51. The van der Waals surface area contributed by atoms with Crippen LogP contribution in [0, 0.1) is 17.8 Å². The van der Waals surface area contributed by atoms with E-state index in [-0.39, 0.29) is 6.09 Å². The Labute approximate surface area is 138 Å². The molecular weight excluding hydrogens is 296 g/mol. The average Bonchev–Trinajstić information content (AvgIpc) is 3.14. The van der Waals surface area contributed by atoms with E-state index >= 15 is 0 Å². The smallest absolute Gasteiger partial charge is 0.407 e. The van der Waals surface area contributed by atoms with E-state index < -0.39 is 12.0 Å². The third kappa shape index (κ3) is 6.01. The van der Waals surface area contributed by atoms with Crippen molar-refractivity contribution >= 4 is 12.1 Å². The number of ether oxygens (including phenoxy) is 1.